The quantitative estimate of drug-likeness (QED) is 0.439. The first-order valence-electron chi connectivity index (χ1n) is 8.64. The van der Waals surface area contributed by atoms with Crippen molar-refractivity contribution in [1.82, 2.24) is 10.2 Å². The van der Waals surface area contributed by atoms with E-state index in [1.54, 1.807) is 0 Å². The van der Waals surface area contributed by atoms with E-state index in [-0.39, 0.29) is 0 Å². The Morgan fingerprint density at radius 3 is 1.83 bits per heavy atom. The van der Waals surface area contributed by atoms with Crippen molar-refractivity contribution in [2.45, 2.75) is 59.3 Å². The first kappa shape index (κ1) is 17.6. The SMILES string of the molecule is CCCCCCN1C(=O)[C@H]2C(=O)NC(=O)[C@@H](C1=O)C2(CC)CC. The second kappa shape index (κ2) is 6.81. The first-order valence-corrected chi connectivity index (χ1v) is 8.64. The molecule has 2 aliphatic rings. The van der Waals surface area contributed by atoms with E-state index < -0.39 is 40.9 Å². The molecule has 2 bridgehead atoms. The number of hydrogen-bond acceptors (Lipinski definition) is 4. The third-order valence-corrected chi connectivity index (χ3v) is 5.50. The van der Waals surface area contributed by atoms with Gasteiger partial charge in [-0.25, -0.2) is 0 Å². The number of carbonyl (C=O) groups excluding carboxylic acids is 4. The molecule has 4 amide bonds. The molecular formula is C17H26N2O4. The maximum absolute atomic E-state index is 12.8. The third kappa shape index (κ3) is 2.68. The van der Waals surface area contributed by atoms with E-state index in [1.165, 1.54) is 0 Å². The molecule has 23 heavy (non-hydrogen) atoms. The molecule has 0 radical (unpaired) electrons. The third-order valence-electron chi connectivity index (χ3n) is 5.50. The van der Waals surface area contributed by atoms with Crippen molar-refractivity contribution in [2.24, 2.45) is 17.3 Å². The molecule has 6 heteroatoms. The number of amides is 4. The predicted octanol–water partition coefficient (Wildman–Crippen LogP) is 1.63. The lowest BCUT2D eigenvalue weighted by Crippen LogP contribution is -2.70. The van der Waals surface area contributed by atoms with Gasteiger partial charge in [0.2, 0.25) is 23.6 Å². The number of carbonyl (C=O) groups is 4. The summed E-state index contributed by atoms with van der Waals surface area (Å²) in [6.07, 6.45) is 4.65. The number of rotatable bonds is 7. The fraction of sp³-hybridized carbons (Fsp3) is 0.765. The highest BCUT2D eigenvalue weighted by molar-refractivity contribution is 6.22. The Kier molecular flexibility index (Phi) is 5.22. The minimum Gasteiger partial charge on any atom is -0.295 e. The number of nitrogens with one attached hydrogen (secondary N) is 1. The molecule has 0 saturated carbocycles. The van der Waals surface area contributed by atoms with Crippen LogP contribution in [0.2, 0.25) is 0 Å². The average molecular weight is 322 g/mol. The van der Waals surface area contributed by atoms with Gasteiger partial charge in [-0.3, -0.25) is 29.4 Å². The molecule has 6 nitrogen and oxygen atoms in total. The second-order valence-corrected chi connectivity index (χ2v) is 6.55. The Morgan fingerprint density at radius 1 is 0.870 bits per heavy atom. The second-order valence-electron chi connectivity index (χ2n) is 6.55. The van der Waals surface area contributed by atoms with Gasteiger partial charge in [-0.15, -0.1) is 0 Å². The molecule has 2 rings (SSSR count). The summed E-state index contributed by atoms with van der Waals surface area (Å²) in [7, 11) is 0. The van der Waals surface area contributed by atoms with Crippen LogP contribution in [0, 0.1) is 17.3 Å². The highest BCUT2D eigenvalue weighted by atomic mass is 16.2. The number of likely N-dealkylation sites (tertiary alicyclic amines) is 1. The van der Waals surface area contributed by atoms with Crippen molar-refractivity contribution in [1.29, 1.82) is 0 Å². The van der Waals surface area contributed by atoms with E-state index >= 15 is 0 Å². The molecule has 0 spiro atoms. The Hall–Kier alpha value is -1.72. The van der Waals surface area contributed by atoms with Gasteiger partial charge in [-0.05, 0) is 19.3 Å². The lowest BCUT2D eigenvalue weighted by molar-refractivity contribution is -0.178. The van der Waals surface area contributed by atoms with Crippen LogP contribution in [0.15, 0.2) is 0 Å². The molecule has 0 aliphatic carbocycles. The molecule has 2 heterocycles. The highest BCUT2D eigenvalue weighted by Crippen LogP contribution is 2.49. The highest BCUT2D eigenvalue weighted by Gasteiger charge is 2.64. The van der Waals surface area contributed by atoms with Crippen LogP contribution in [0.1, 0.15) is 59.3 Å². The van der Waals surface area contributed by atoms with E-state index in [4.69, 9.17) is 0 Å². The average Bonchev–Trinajstić information content (AvgIpc) is 2.52. The number of piperidine rings is 2. The monoisotopic (exact) mass is 322 g/mol. The summed E-state index contributed by atoms with van der Waals surface area (Å²) in [6.45, 7) is 6.07. The van der Waals surface area contributed by atoms with Crippen molar-refractivity contribution >= 4 is 23.6 Å². The summed E-state index contributed by atoms with van der Waals surface area (Å²) < 4.78 is 0. The zero-order valence-electron chi connectivity index (χ0n) is 14.2. The summed E-state index contributed by atoms with van der Waals surface area (Å²) in [4.78, 5) is 51.3. The molecule has 2 atom stereocenters. The molecule has 2 saturated heterocycles. The number of unbranched alkanes of at least 4 members (excludes halogenated alkanes) is 3. The Bertz CT molecular complexity index is 489. The van der Waals surface area contributed by atoms with Crippen LogP contribution in [-0.4, -0.2) is 35.1 Å². The van der Waals surface area contributed by atoms with Gasteiger partial charge in [-0.2, -0.15) is 0 Å². The molecule has 0 unspecified atom stereocenters. The summed E-state index contributed by atoms with van der Waals surface area (Å²) in [5.74, 6) is -3.82. The molecular weight excluding hydrogens is 296 g/mol. The van der Waals surface area contributed by atoms with Crippen molar-refractivity contribution in [2.75, 3.05) is 6.54 Å². The van der Waals surface area contributed by atoms with Gasteiger partial charge >= 0.3 is 0 Å². The molecule has 2 fully saturated rings. The van der Waals surface area contributed by atoms with Gasteiger partial charge in [0.05, 0.1) is 0 Å². The Labute approximate surface area is 137 Å². The van der Waals surface area contributed by atoms with Crippen LogP contribution in [0.25, 0.3) is 0 Å². The smallest absolute Gasteiger partial charge is 0.242 e. The number of hydrogen-bond donors (Lipinski definition) is 1. The number of nitrogens with zero attached hydrogens (tertiary/aromatic N) is 1. The summed E-state index contributed by atoms with van der Waals surface area (Å²) in [5.41, 5.74) is -0.868. The molecule has 2 aliphatic heterocycles. The standard InChI is InChI=1S/C17H26N2O4/c1-4-7-8-9-10-19-15(22)11-13(20)18-14(21)12(16(19)23)17(11,5-2)6-3/h11-12H,4-10H2,1-3H3,(H,18,20,21)/t11-,12+. The van der Waals surface area contributed by atoms with Crippen LogP contribution in [-0.2, 0) is 19.2 Å². The fourth-order valence-corrected chi connectivity index (χ4v) is 4.07. The summed E-state index contributed by atoms with van der Waals surface area (Å²) in [5, 5.41) is 2.22. The van der Waals surface area contributed by atoms with Crippen molar-refractivity contribution < 1.29 is 19.2 Å². The molecule has 0 aromatic rings. The number of fused-ring (bicyclic) bond motifs is 2. The van der Waals surface area contributed by atoms with Gasteiger partial charge in [0.1, 0.15) is 11.8 Å². The Morgan fingerprint density at radius 2 is 1.39 bits per heavy atom. The van der Waals surface area contributed by atoms with Crippen LogP contribution in [0.4, 0.5) is 0 Å². The molecule has 128 valence electrons. The van der Waals surface area contributed by atoms with E-state index in [0.717, 1.165) is 24.2 Å². The fourth-order valence-electron chi connectivity index (χ4n) is 4.07. The molecule has 1 N–H and O–H groups in total. The number of imide groups is 2. The molecule has 0 aromatic heterocycles. The van der Waals surface area contributed by atoms with Gasteiger partial charge < -0.3 is 0 Å². The van der Waals surface area contributed by atoms with Crippen molar-refractivity contribution in [3.63, 3.8) is 0 Å². The van der Waals surface area contributed by atoms with Crippen LogP contribution in [0.3, 0.4) is 0 Å². The normalized spacial score (nSPS) is 26.5. The largest absolute Gasteiger partial charge is 0.295 e. The van der Waals surface area contributed by atoms with Gasteiger partial charge in [0.15, 0.2) is 0 Å². The zero-order chi connectivity index (χ0) is 17.2. The maximum atomic E-state index is 12.8. The minimum absolute atomic E-state index is 0.300. The van der Waals surface area contributed by atoms with Gasteiger partial charge in [0, 0.05) is 12.0 Å². The maximum Gasteiger partial charge on any atom is 0.242 e. The Balaban J connectivity index is 2.33. The topological polar surface area (TPSA) is 83.6 Å². The van der Waals surface area contributed by atoms with E-state index in [2.05, 4.69) is 12.2 Å². The lowest BCUT2D eigenvalue weighted by atomic mass is 9.57. The molecule has 0 aromatic carbocycles. The van der Waals surface area contributed by atoms with E-state index in [9.17, 15) is 19.2 Å². The van der Waals surface area contributed by atoms with Crippen LogP contribution < -0.4 is 5.32 Å². The van der Waals surface area contributed by atoms with Gasteiger partial charge in [0.25, 0.3) is 0 Å². The summed E-state index contributed by atoms with van der Waals surface area (Å²) in [6, 6.07) is 0. The van der Waals surface area contributed by atoms with Crippen LogP contribution in [0.5, 0.6) is 0 Å². The zero-order valence-corrected chi connectivity index (χ0v) is 14.2. The lowest BCUT2D eigenvalue weighted by Gasteiger charge is -2.51. The first-order chi connectivity index (χ1) is 10.9. The van der Waals surface area contributed by atoms with E-state index in [1.807, 2.05) is 13.8 Å². The van der Waals surface area contributed by atoms with Crippen LogP contribution >= 0.6 is 0 Å². The minimum atomic E-state index is -0.927. The predicted molar refractivity (Wildman–Crippen MR) is 84.0 cm³/mol. The van der Waals surface area contributed by atoms with Crippen molar-refractivity contribution in [3.05, 3.63) is 0 Å². The van der Waals surface area contributed by atoms with Crippen molar-refractivity contribution in [3.8, 4) is 0 Å². The summed E-state index contributed by atoms with van der Waals surface area (Å²) >= 11 is 0. The van der Waals surface area contributed by atoms with E-state index in [0.29, 0.717) is 25.8 Å². The van der Waals surface area contributed by atoms with Gasteiger partial charge in [-0.1, -0.05) is 40.0 Å².